The molecule has 32 heavy (non-hydrogen) atoms. The maximum Gasteiger partial charge on any atom is 0.327 e. The monoisotopic (exact) mass is 469 g/mol. The Bertz CT molecular complexity index is 1100. The first-order valence-corrected chi connectivity index (χ1v) is 11.5. The van der Waals surface area contributed by atoms with Gasteiger partial charge in [-0.2, -0.15) is 0 Å². The van der Waals surface area contributed by atoms with Crippen molar-refractivity contribution in [3.63, 3.8) is 0 Å². The Morgan fingerprint density at radius 3 is 2.69 bits per heavy atom. The fraction of sp³-hybridized carbons (Fsp3) is 0.240. The maximum absolute atomic E-state index is 12.6. The molecule has 0 amide bonds. The molecule has 7 heteroatoms. The van der Waals surface area contributed by atoms with Gasteiger partial charge in [-0.25, -0.2) is 4.79 Å². The second kappa shape index (κ2) is 10.3. The summed E-state index contributed by atoms with van der Waals surface area (Å²) < 4.78 is 10.8. The molecule has 2 atom stereocenters. The van der Waals surface area contributed by atoms with Gasteiger partial charge in [0.15, 0.2) is 5.06 Å². The van der Waals surface area contributed by atoms with Crippen molar-refractivity contribution in [2.75, 3.05) is 13.7 Å². The number of halogens is 1. The third kappa shape index (κ3) is 5.22. The summed E-state index contributed by atoms with van der Waals surface area (Å²) in [5.74, 6) is -0.338. The van der Waals surface area contributed by atoms with Gasteiger partial charge in [-0.3, -0.25) is 4.90 Å². The largest absolute Gasteiger partial charge is 0.468 e. The summed E-state index contributed by atoms with van der Waals surface area (Å²) in [5, 5.41) is 11.4. The maximum atomic E-state index is 12.6. The number of aliphatic hydroxyl groups excluding tert-OH is 1. The molecular formula is C25H24ClNO4S. The first kappa shape index (κ1) is 22.6. The average Bonchev–Trinajstić information content (AvgIpc) is 3.21. The van der Waals surface area contributed by atoms with Crippen LogP contribution in [0.4, 0.5) is 0 Å². The highest BCUT2D eigenvalue weighted by Crippen LogP contribution is 2.38. The number of benzene rings is 2. The first-order chi connectivity index (χ1) is 15.5. The molecule has 0 saturated carbocycles. The number of esters is 1. The van der Waals surface area contributed by atoms with Crippen molar-refractivity contribution in [1.82, 2.24) is 4.90 Å². The number of ether oxygens (including phenoxy) is 2. The lowest BCUT2D eigenvalue weighted by Gasteiger charge is -2.33. The minimum Gasteiger partial charge on any atom is -0.468 e. The van der Waals surface area contributed by atoms with Crippen molar-refractivity contribution in [1.29, 1.82) is 0 Å². The lowest BCUT2D eigenvalue weighted by molar-refractivity contribution is -0.147. The number of carbonyl (C=O) groups excluding carboxylic acids is 1. The van der Waals surface area contributed by atoms with Crippen LogP contribution < -0.4 is 4.74 Å². The predicted molar refractivity (Wildman–Crippen MR) is 127 cm³/mol. The van der Waals surface area contributed by atoms with E-state index in [0.29, 0.717) is 23.2 Å². The molecule has 0 bridgehead atoms. The van der Waals surface area contributed by atoms with Gasteiger partial charge in [0.2, 0.25) is 6.29 Å². The highest BCUT2D eigenvalue weighted by molar-refractivity contribution is 7.14. The number of carbonyl (C=O) groups is 1. The van der Waals surface area contributed by atoms with E-state index >= 15 is 0 Å². The Balaban J connectivity index is 1.47. The number of hydrogen-bond donors (Lipinski definition) is 1. The second-order valence-electron chi connectivity index (χ2n) is 7.46. The molecule has 1 aromatic heterocycles. The molecule has 0 radical (unpaired) electrons. The van der Waals surface area contributed by atoms with E-state index in [9.17, 15) is 9.90 Å². The predicted octanol–water partition coefficient (Wildman–Crippen LogP) is 5.08. The quantitative estimate of drug-likeness (QED) is 0.386. The van der Waals surface area contributed by atoms with Crippen molar-refractivity contribution in [3.05, 3.63) is 93.3 Å². The number of fused-ring (bicyclic) bond motifs is 1. The van der Waals surface area contributed by atoms with Crippen molar-refractivity contribution < 1.29 is 19.4 Å². The summed E-state index contributed by atoms with van der Waals surface area (Å²) in [6.07, 6.45) is 3.17. The van der Waals surface area contributed by atoms with Gasteiger partial charge in [-0.05, 0) is 41.3 Å². The van der Waals surface area contributed by atoms with Crippen molar-refractivity contribution in [2.45, 2.75) is 25.3 Å². The van der Waals surface area contributed by atoms with Crippen LogP contribution in [-0.4, -0.2) is 35.9 Å². The van der Waals surface area contributed by atoms with Crippen LogP contribution in [0.25, 0.3) is 6.08 Å². The van der Waals surface area contributed by atoms with Gasteiger partial charge >= 0.3 is 5.97 Å². The Morgan fingerprint density at radius 1 is 1.19 bits per heavy atom. The highest BCUT2D eigenvalue weighted by atomic mass is 35.5. The molecule has 0 aliphatic carbocycles. The van der Waals surface area contributed by atoms with Crippen molar-refractivity contribution in [3.8, 4) is 5.06 Å². The van der Waals surface area contributed by atoms with Crippen molar-refractivity contribution >= 4 is 35.0 Å². The lowest BCUT2D eigenvalue weighted by Crippen LogP contribution is -2.38. The topological polar surface area (TPSA) is 59.0 Å². The summed E-state index contributed by atoms with van der Waals surface area (Å²) >= 11 is 7.92. The molecule has 5 nitrogen and oxygen atoms in total. The molecule has 2 heterocycles. The molecule has 0 fully saturated rings. The molecule has 0 saturated heterocycles. The van der Waals surface area contributed by atoms with Crippen LogP contribution in [0, 0.1) is 0 Å². The van der Waals surface area contributed by atoms with Crippen LogP contribution in [-0.2, 0) is 22.5 Å². The molecule has 0 spiro atoms. The zero-order valence-corrected chi connectivity index (χ0v) is 19.2. The van der Waals surface area contributed by atoms with E-state index in [1.165, 1.54) is 23.3 Å². The zero-order valence-electron chi connectivity index (χ0n) is 17.6. The summed E-state index contributed by atoms with van der Waals surface area (Å²) in [6, 6.07) is 18.4. The smallest absolute Gasteiger partial charge is 0.327 e. The summed E-state index contributed by atoms with van der Waals surface area (Å²) in [5.41, 5.74) is 2.80. The number of aliphatic hydroxyl groups is 1. The third-order valence-corrected chi connectivity index (χ3v) is 6.82. The molecular weight excluding hydrogens is 446 g/mol. The second-order valence-corrected chi connectivity index (χ2v) is 8.97. The molecule has 1 unspecified atom stereocenters. The van der Waals surface area contributed by atoms with Gasteiger partial charge in [0.05, 0.1) is 7.11 Å². The third-order valence-electron chi connectivity index (χ3n) is 5.35. The van der Waals surface area contributed by atoms with Gasteiger partial charge in [0, 0.05) is 23.0 Å². The zero-order chi connectivity index (χ0) is 22.5. The lowest BCUT2D eigenvalue weighted by atomic mass is 10.0. The van der Waals surface area contributed by atoms with Crippen LogP contribution in [0.15, 0.2) is 66.7 Å². The average molecular weight is 470 g/mol. The Hall–Kier alpha value is -2.64. The molecule has 1 aliphatic rings. The van der Waals surface area contributed by atoms with Gasteiger partial charge in [-0.15, -0.1) is 11.3 Å². The van der Waals surface area contributed by atoms with E-state index in [1.54, 1.807) is 12.1 Å². The van der Waals surface area contributed by atoms with Crippen LogP contribution in [0.3, 0.4) is 0 Å². The van der Waals surface area contributed by atoms with Crippen LogP contribution >= 0.6 is 22.9 Å². The van der Waals surface area contributed by atoms with E-state index in [1.807, 2.05) is 60.7 Å². The summed E-state index contributed by atoms with van der Waals surface area (Å²) in [4.78, 5) is 15.9. The van der Waals surface area contributed by atoms with Gasteiger partial charge in [0.1, 0.15) is 6.04 Å². The molecule has 2 aromatic carbocycles. The summed E-state index contributed by atoms with van der Waals surface area (Å²) in [7, 11) is 1.39. The molecule has 1 N–H and O–H groups in total. The van der Waals surface area contributed by atoms with E-state index in [-0.39, 0.29) is 5.97 Å². The molecule has 166 valence electrons. The molecule has 4 rings (SSSR count). The van der Waals surface area contributed by atoms with Crippen LogP contribution in [0.1, 0.15) is 27.6 Å². The van der Waals surface area contributed by atoms with Gasteiger partial charge < -0.3 is 14.6 Å². The Morgan fingerprint density at radius 2 is 1.94 bits per heavy atom. The van der Waals surface area contributed by atoms with Gasteiger partial charge in [0.25, 0.3) is 0 Å². The fourth-order valence-electron chi connectivity index (χ4n) is 3.80. The number of thiophene rings is 1. The van der Waals surface area contributed by atoms with E-state index in [4.69, 9.17) is 21.1 Å². The van der Waals surface area contributed by atoms with E-state index < -0.39 is 12.3 Å². The number of hydrogen-bond acceptors (Lipinski definition) is 6. The minimum atomic E-state index is -1.04. The minimum absolute atomic E-state index is 0.338. The molecule has 1 aliphatic heterocycles. The van der Waals surface area contributed by atoms with Gasteiger partial charge in [-0.1, -0.05) is 66.2 Å². The van der Waals surface area contributed by atoms with Crippen molar-refractivity contribution in [2.24, 2.45) is 0 Å². The number of nitrogens with zero attached hydrogens (tertiary/aromatic N) is 1. The first-order valence-electron chi connectivity index (χ1n) is 10.3. The van der Waals surface area contributed by atoms with Crippen LogP contribution in [0.2, 0.25) is 5.02 Å². The standard InChI is InChI=1S/C25H24ClNO4S/c1-30-25(29)24(19-9-5-6-10-20(19)26)27-14-13-21-18(16-27)15-23(32-21)31-22(28)12-11-17-7-3-2-4-8-17/h2-12,15,22,24,28H,13-14,16H2,1H3/b12-11+/t22?,24-/m0/s1. The Kier molecular flexibility index (Phi) is 7.27. The SMILES string of the molecule is COC(=O)[C@H](c1ccccc1Cl)N1CCc2sc(OC(O)/C=C/c3ccccc3)cc2C1. The number of rotatable bonds is 7. The Labute approximate surface area is 196 Å². The highest BCUT2D eigenvalue weighted by Gasteiger charge is 2.33. The normalized spacial score (nSPS) is 15.8. The molecule has 3 aromatic rings. The van der Waals surface area contributed by atoms with E-state index in [2.05, 4.69) is 4.90 Å². The summed E-state index contributed by atoms with van der Waals surface area (Å²) in [6.45, 7) is 1.25. The van der Waals surface area contributed by atoms with E-state index in [0.717, 1.165) is 23.1 Å². The van der Waals surface area contributed by atoms with Crippen LogP contribution in [0.5, 0.6) is 5.06 Å². The fourth-order valence-corrected chi connectivity index (χ4v) is 5.08. The number of methoxy groups -OCH3 is 1.